The van der Waals surface area contributed by atoms with Crippen molar-refractivity contribution in [2.45, 2.75) is 18.4 Å². The predicted molar refractivity (Wildman–Crippen MR) is 114 cm³/mol. The fourth-order valence-corrected chi connectivity index (χ4v) is 3.75. The van der Waals surface area contributed by atoms with Gasteiger partial charge in [-0.15, -0.1) is 0 Å². The van der Waals surface area contributed by atoms with Crippen LogP contribution in [0.25, 0.3) is 11.4 Å². The van der Waals surface area contributed by atoms with E-state index in [-0.39, 0.29) is 28.8 Å². The average molecular weight is 445 g/mol. The molecule has 0 aliphatic rings. The number of carbonyl (C=O) groups is 1. The first-order valence-corrected chi connectivity index (χ1v) is 11.0. The molecule has 0 aliphatic heterocycles. The maximum atomic E-state index is 12.8. The molecule has 10 heteroatoms. The number of hydrogen-bond acceptors (Lipinski definition) is 7. The van der Waals surface area contributed by atoms with Gasteiger partial charge in [-0.2, -0.15) is 4.98 Å². The van der Waals surface area contributed by atoms with Crippen LogP contribution >= 0.6 is 0 Å². The standard InChI is InChI=1S/C21H24N4O5S/c1-5-29-17-11-9-15(10-12-17)20-22-19(30-23-20)14-25(4)21(26)16-7-6-8-18(13-16)31(27,28)24(2)3/h6-13H,5,14H2,1-4H3. The largest absolute Gasteiger partial charge is 0.494 e. The fourth-order valence-electron chi connectivity index (χ4n) is 2.80. The van der Waals surface area contributed by atoms with Crippen molar-refractivity contribution in [3.8, 4) is 17.1 Å². The van der Waals surface area contributed by atoms with Gasteiger partial charge in [-0.25, -0.2) is 12.7 Å². The number of carbonyl (C=O) groups excluding carboxylic acids is 1. The summed E-state index contributed by atoms with van der Waals surface area (Å²) in [5.74, 6) is 1.05. The van der Waals surface area contributed by atoms with Crippen LogP contribution in [0.1, 0.15) is 23.2 Å². The molecule has 2 aromatic carbocycles. The van der Waals surface area contributed by atoms with E-state index in [2.05, 4.69) is 10.1 Å². The Morgan fingerprint density at radius 2 is 1.81 bits per heavy atom. The first-order valence-electron chi connectivity index (χ1n) is 9.56. The monoisotopic (exact) mass is 444 g/mol. The number of ether oxygens (including phenoxy) is 1. The van der Waals surface area contributed by atoms with Gasteiger partial charge in [0.1, 0.15) is 5.75 Å². The summed E-state index contributed by atoms with van der Waals surface area (Å²) in [7, 11) is 0.817. The zero-order valence-electron chi connectivity index (χ0n) is 17.8. The summed E-state index contributed by atoms with van der Waals surface area (Å²) in [6.07, 6.45) is 0. The van der Waals surface area contributed by atoms with E-state index in [1.807, 2.05) is 31.2 Å². The Kier molecular flexibility index (Phi) is 6.71. The molecule has 1 amide bonds. The molecule has 0 fully saturated rings. The molecule has 1 aromatic heterocycles. The van der Waals surface area contributed by atoms with Crippen LogP contribution in [0, 0.1) is 0 Å². The van der Waals surface area contributed by atoms with Crippen molar-refractivity contribution in [3.05, 3.63) is 60.0 Å². The molecule has 0 saturated carbocycles. The second-order valence-electron chi connectivity index (χ2n) is 6.95. The molecular weight excluding hydrogens is 420 g/mol. The van der Waals surface area contributed by atoms with Crippen molar-refractivity contribution < 1.29 is 22.5 Å². The molecule has 3 rings (SSSR count). The molecule has 0 aliphatic carbocycles. The maximum absolute atomic E-state index is 12.8. The molecule has 0 bridgehead atoms. The lowest BCUT2D eigenvalue weighted by molar-refractivity contribution is 0.0769. The molecule has 164 valence electrons. The lowest BCUT2D eigenvalue weighted by Gasteiger charge is -2.16. The van der Waals surface area contributed by atoms with Crippen molar-refractivity contribution >= 4 is 15.9 Å². The van der Waals surface area contributed by atoms with Crippen LogP contribution in [0.2, 0.25) is 0 Å². The number of sulfonamides is 1. The van der Waals surface area contributed by atoms with Crippen LogP contribution < -0.4 is 4.74 Å². The van der Waals surface area contributed by atoms with Gasteiger partial charge in [0.15, 0.2) is 0 Å². The molecule has 9 nitrogen and oxygen atoms in total. The minimum atomic E-state index is -3.64. The van der Waals surface area contributed by atoms with Crippen LogP contribution in [-0.2, 0) is 16.6 Å². The summed E-state index contributed by atoms with van der Waals surface area (Å²) in [6.45, 7) is 2.57. The molecule has 31 heavy (non-hydrogen) atoms. The normalized spacial score (nSPS) is 11.5. The van der Waals surface area contributed by atoms with Crippen LogP contribution in [-0.4, -0.2) is 61.4 Å². The van der Waals surface area contributed by atoms with Gasteiger partial charge >= 0.3 is 0 Å². The van der Waals surface area contributed by atoms with Crippen molar-refractivity contribution in [1.29, 1.82) is 0 Å². The van der Waals surface area contributed by atoms with Gasteiger partial charge in [-0.3, -0.25) is 4.79 Å². The van der Waals surface area contributed by atoms with Gasteiger partial charge in [0.2, 0.25) is 21.7 Å². The van der Waals surface area contributed by atoms with Gasteiger partial charge in [-0.05, 0) is 49.4 Å². The van der Waals surface area contributed by atoms with E-state index in [4.69, 9.17) is 9.26 Å². The summed E-state index contributed by atoms with van der Waals surface area (Å²) < 4.78 is 36.4. The van der Waals surface area contributed by atoms with E-state index in [1.165, 1.54) is 37.2 Å². The zero-order chi connectivity index (χ0) is 22.6. The Balaban J connectivity index is 1.72. The van der Waals surface area contributed by atoms with E-state index in [0.717, 1.165) is 15.6 Å². The molecule has 0 N–H and O–H groups in total. The molecule has 0 unspecified atom stereocenters. The highest BCUT2D eigenvalue weighted by Crippen LogP contribution is 2.21. The van der Waals surface area contributed by atoms with Crippen LogP contribution in [0.5, 0.6) is 5.75 Å². The van der Waals surface area contributed by atoms with Crippen LogP contribution in [0.4, 0.5) is 0 Å². The fraction of sp³-hybridized carbons (Fsp3) is 0.286. The predicted octanol–water partition coefficient (Wildman–Crippen LogP) is 2.66. The average Bonchev–Trinajstić information content (AvgIpc) is 3.22. The summed E-state index contributed by atoms with van der Waals surface area (Å²) in [5, 5.41) is 3.96. The number of aromatic nitrogens is 2. The van der Waals surface area contributed by atoms with Gasteiger partial charge in [0.05, 0.1) is 18.0 Å². The smallest absolute Gasteiger partial charge is 0.254 e. The third-order valence-electron chi connectivity index (χ3n) is 4.47. The van der Waals surface area contributed by atoms with Crippen molar-refractivity contribution in [1.82, 2.24) is 19.3 Å². The van der Waals surface area contributed by atoms with Gasteiger partial charge in [-0.1, -0.05) is 11.2 Å². The molecule has 3 aromatic rings. The Labute approximate surface area is 181 Å². The van der Waals surface area contributed by atoms with E-state index < -0.39 is 10.0 Å². The zero-order valence-corrected chi connectivity index (χ0v) is 18.6. The third kappa shape index (κ3) is 5.09. The third-order valence-corrected chi connectivity index (χ3v) is 6.28. The Morgan fingerprint density at radius 1 is 1.10 bits per heavy atom. The SMILES string of the molecule is CCOc1ccc(-c2noc(CN(C)C(=O)c3cccc(S(=O)(=O)N(C)C)c3)n2)cc1. The summed E-state index contributed by atoms with van der Waals surface area (Å²) >= 11 is 0. The second kappa shape index (κ2) is 9.27. The minimum Gasteiger partial charge on any atom is -0.494 e. The molecule has 0 saturated heterocycles. The Hall–Kier alpha value is -3.24. The van der Waals surface area contributed by atoms with E-state index >= 15 is 0 Å². The van der Waals surface area contributed by atoms with E-state index in [0.29, 0.717) is 12.4 Å². The molecule has 0 radical (unpaired) electrons. The topological polar surface area (TPSA) is 106 Å². The lowest BCUT2D eigenvalue weighted by Crippen LogP contribution is -2.27. The summed E-state index contributed by atoms with van der Waals surface area (Å²) in [4.78, 5) is 18.6. The Morgan fingerprint density at radius 3 is 2.45 bits per heavy atom. The van der Waals surface area contributed by atoms with Crippen molar-refractivity contribution in [3.63, 3.8) is 0 Å². The number of hydrogen-bond donors (Lipinski definition) is 0. The van der Waals surface area contributed by atoms with Gasteiger partial charge in [0.25, 0.3) is 5.91 Å². The number of rotatable bonds is 8. The van der Waals surface area contributed by atoms with Crippen molar-refractivity contribution in [2.75, 3.05) is 27.7 Å². The maximum Gasteiger partial charge on any atom is 0.254 e. The highest BCUT2D eigenvalue weighted by atomic mass is 32.2. The Bertz CT molecular complexity index is 1160. The summed E-state index contributed by atoms with van der Waals surface area (Å²) in [6, 6.07) is 13.2. The molecular formula is C21H24N4O5S. The molecule has 0 atom stereocenters. The highest BCUT2D eigenvalue weighted by molar-refractivity contribution is 7.89. The number of amides is 1. The first kappa shape index (κ1) is 22.4. The number of benzene rings is 2. The second-order valence-corrected chi connectivity index (χ2v) is 9.10. The summed E-state index contributed by atoms with van der Waals surface area (Å²) in [5.41, 5.74) is 1.01. The van der Waals surface area contributed by atoms with Crippen LogP contribution in [0.15, 0.2) is 57.9 Å². The number of nitrogens with zero attached hydrogens (tertiary/aromatic N) is 4. The lowest BCUT2D eigenvalue weighted by atomic mass is 10.2. The molecule has 1 heterocycles. The first-order chi connectivity index (χ1) is 14.7. The van der Waals surface area contributed by atoms with E-state index in [9.17, 15) is 13.2 Å². The van der Waals surface area contributed by atoms with E-state index in [1.54, 1.807) is 13.1 Å². The van der Waals surface area contributed by atoms with Crippen LogP contribution in [0.3, 0.4) is 0 Å². The van der Waals surface area contributed by atoms with Gasteiger partial charge in [0, 0.05) is 32.3 Å². The van der Waals surface area contributed by atoms with Crippen molar-refractivity contribution in [2.24, 2.45) is 0 Å². The molecule has 0 spiro atoms. The minimum absolute atomic E-state index is 0.0485. The highest BCUT2D eigenvalue weighted by Gasteiger charge is 2.21. The van der Waals surface area contributed by atoms with Gasteiger partial charge < -0.3 is 14.2 Å². The quantitative estimate of drug-likeness (QED) is 0.526.